The molecule has 28 heavy (non-hydrogen) atoms. The van der Waals surface area contributed by atoms with Gasteiger partial charge in [-0.05, 0) is 12.8 Å². The van der Waals surface area contributed by atoms with Crippen molar-refractivity contribution in [3.8, 4) is 0 Å². The minimum atomic E-state index is -3.56. The Bertz CT molecular complexity index is 795. The van der Waals surface area contributed by atoms with Crippen LogP contribution in [0.2, 0.25) is 0 Å². The molecule has 2 heterocycles. The molecule has 1 aromatic rings. The van der Waals surface area contributed by atoms with Gasteiger partial charge in [-0.25, -0.2) is 9.97 Å². The summed E-state index contributed by atoms with van der Waals surface area (Å²) in [6.45, 7) is 6.85. The maximum Gasteiger partial charge on any atom is 0.282 e. The number of anilines is 1. The van der Waals surface area contributed by atoms with Crippen LogP contribution in [0.4, 0.5) is 5.82 Å². The number of aromatic nitrogens is 2. The molecule has 1 amide bonds. The largest absolute Gasteiger partial charge is 0.363 e. The van der Waals surface area contributed by atoms with Gasteiger partial charge >= 0.3 is 0 Å². The molecule has 1 aromatic heterocycles. The Morgan fingerprint density at radius 1 is 1.21 bits per heavy atom. The standard InChI is InChI=1S/C18H32N6O3S/c1-7-23(8-2)28(26,27)22(6)13-15-12-17(21(4)5)20-18(19-15)16-10-9-11-24(16)14(3)25/h12,16H,7-11,13H2,1-6H3/t16-/m1/s1. The lowest BCUT2D eigenvalue weighted by Crippen LogP contribution is -2.41. The van der Waals surface area contributed by atoms with E-state index >= 15 is 0 Å². The van der Waals surface area contributed by atoms with Gasteiger partial charge in [0.1, 0.15) is 5.82 Å². The highest BCUT2D eigenvalue weighted by Crippen LogP contribution is 2.31. The fourth-order valence-electron chi connectivity index (χ4n) is 3.43. The molecule has 1 aliphatic rings. The van der Waals surface area contributed by atoms with E-state index in [4.69, 9.17) is 0 Å². The minimum Gasteiger partial charge on any atom is -0.363 e. The van der Waals surface area contributed by atoms with E-state index in [2.05, 4.69) is 9.97 Å². The lowest BCUT2D eigenvalue weighted by Gasteiger charge is -2.26. The molecule has 0 unspecified atom stereocenters. The highest BCUT2D eigenvalue weighted by molar-refractivity contribution is 7.86. The first-order chi connectivity index (χ1) is 13.1. The number of amides is 1. The molecule has 1 aliphatic heterocycles. The van der Waals surface area contributed by atoms with E-state index in [0.717, 1.165) is 12.8 Å². The van der Waals surface area contributed by atoms with Crippen LogP contribution in [-0.4, -0.2) is 78.6 Å². The number of hydrogen-bond donors (Lipinski definition) is 0. The predicted octanol–water partition coefficient (Wildman–Crippen LogP) is 1.24. The number of carbonyl (C=O) groups excluding carboxylic acids is 1. The molecule has 0 bridgehead atoms. The van der Waals surface area contributed by atoms with Crippen molar-refractivity contribution in [2.45, 2.75) is 46.2 Å². The zero-order chi connectivity index (χ0) is 21.1. The van der Waals surface area contributed by atoms with E-state index in [0.29, 0.717) is 37.0 Å². The van der Waals surface area contributed by atoms with Gasteiger partial charge in [0.2, 0.25) is 5.91 Å². The number of carbonyl (C=O) groups is 1. The Balaban J connectivity index is 2.37. The van der Waals surface area contributed by atoms with Gasteiger partial charge in [-0.2, -0.15) is 17.0 Å². The van der Waals surface area contributed by atoms with Crippen LogP contribution in [-0.2, 0) is 21.5 Å². The summed E-state index contributed by atoms with van der Waals surface area (Å²) in [5.41, 5.74) is 0.613. The number of rotatable bonds is 8. The molecule has 2 rings (SSSR count). The van der Waals surface area contributed by atoms with Gasteiger partial charge < -0.3 is 9.80 Å². The van der Waals surface area contributed by atoms with E-state index in [1.165, 1.54) is 8.61 Å². The van der Waals surface area contributed by atoms with Gasteiger partial charge in [0.15, 0.2) is 5.82 Å². The topological polar surface area (TPSA) is 90.0 Å². The zero-order valence-corrected chi connectivity index (χ0v) is 18.5. The molecule has 0 spiro atoms. The summed E-state index contributed by atoms with van der Waals surface area (Å²) in [5, 5.41) is 0. The van der Waals surface area contributed by atoms with Crippen molar-refractivity contribution in [2.75, 3.05) is 45.7 Å². The monoisotopic (exact) mass is 412 g/mol. The highest BCUT2D eigenvalue weighted by atomic mass is 32.2. The Morgan fingerprint density at radius 2 is 1.86 bits per heavy atom. The van der Waals surface area contributed by atoms with E-state index < -0.39 is 10.2 Å². The van der Waals surface area contributed by atoms with Crippen LogP contribution in [0, 0.1) is 0 Å². The lowest BCUT2D eigenvalue weighted by molar-refractivity contribution is -0.129. The van der Waals surface area contributed by atoms with Crippen molar-refractivity contribution in [3.05, 3.63) is 17.6 Å². The van der Waals surface area contributed by atoms with Crippen LogP contribution in [0.3, 0.4) is 0 Å². The smallest absolute Gasteiger partial charge is 0.282 e. The van der Waals surface area contributed by atoms with E-state index in [-0.39, 0.29) is 18.5 Å². The summed E-state index contributed by atoms with van der Waals surface area (Å²) in [6, 6.07) is 1.63. The summed E-state index contributed by atoms with van der Waals surface area (Å²) in [6.07, 6.45) is 1.72. The first-order valence-corrected chi connectivity index (χ1v) is 11.0. The van der Waals surface area contributed by atoms with E-state index in [1.807, 2.05) is 32.8 Å². The van der Waals surface area contributed by atoms with Crippen molar-refractivity contribution in [1.82, 2.24) is 23.5 Å². The van der Waals surface area contributed by atoms with Crippen LogP contribution in [0.25, 0.3) is 0 Å². The first-order valence-electron chi connectivity index (χ1n) is 9.65. The van der Waals surface area contributed by atoms with Crippen molar-refractivity contribution in [2.24, 2.45) is 0 Å². The lowest BCUT2D eigenvalue weighted by atomic mass is 10.2. The van der Waals surface area contributed by atoms with Crippen LogP contribution >= 0.6 is 0 Å². The molecule has 9 nitrogen and oxygen atoms in total. The van der Waals surface area contributed by atoms with Crippen LogP contribution in [0.1, 0.15) is 51.2 Å². The van der Waals surface area contributed by atoms with Crippen molar-refractivity contribution in [3.63, 3.8) is 0 Å². The third kappa shape index (κ3) is 4.79. The van der Waals surface area contributed by atoms with Crippen LogP contribution in [0.15, 0.2) is 6.07 Å². The van der Waals surface area contributed by atoms with Crippen molar-refractivity contribution < 1.29 is 13.2 Å². The number of nitrogens with zero attached hydrogens (tertiary/aromatic N) is 6. The van der Waals surface area contributed by atoms with Gasteiger partial charge in [0.05, 0.1) is 18.3 Å². The average molecular weight is 413 g/mol. The summed E-state index contributed by atoms with van der Waals surface area (Å²) < 4.78 is 28.2. The summed E-state index contributed by atoms with van der Waals surface area (Å²) in [7, 11) is 1.75. The molecule has 0 aromatic carbocycles. The zero-order valence-electron chi connectivity index (χ0n) is 17.7. The maximum absolute atomic E-state index is 12.7. The third-order valence-corrected chi connectivity index (χ3v) is 7.09. The Morgan fingerprint density at radius 3 is 2.39 bits per heavy atom. The van der Waals surface area contributed by atoms with Crippen molar-refractivity contribution >= 4 is 21.9 Å². The molecule has 0 N–H and O–H groups in total. The molecule has 1 fully saturated rings. The minimum absolute atomic E-state index is 0.00383. The molecule has 1 saturated heterocycles. The maximum atomic E-state index is 12.7. The van der Waals surface area contributed by atoms with Gasteiger partial charge in [-0.15, -0.1) is 0 Å². The summed E-state index contributed by atoms with van der Waals surface area (Å²) in [5.74, 6) is 1.27. The molecular weight excluding hydrogens is 380 g/mol. The van der Waals surface area contributed by atoms with Gasteiger partial charge in [-0.1, -0.05) is 13.8 Å². The second-order valence-corrected chi connectivity index (χ2v) is 9.22. The summed E-state index contributed by atoms with van der Waals surface area (Å²) >= 11 is 0. The third-order valence-electron chi connectivity index (χ3n) is 5.01. The first kappa shape index (κ1) is 22.5. The number of hydrogen-bond acceptors (Lipinski definition) is 6. The molecular formula is C18H32N6O3S. The normalized spacial score (nSPS) is 17.6. The van der Waals surface area contributed by atoms with Gasteiger partial charge in [-0.3, -0.25) is 4.79 Å². The molecule has 0 radical (unpaired) electrons. The highest BCUT2D eigenvalue weighted by Gasteiger charge is 2.31. The van der Waals surface area contributed by atoms with Gasteiger partial charge in [0, 0.05) is 53.8 Å². The molecule has 10 heteroatoms. The predicted molar refractivity (Wildman–Crippen MR) is 109 cm³/mol. The molecule has 158 valence electrons. The quantitative estimate of drug-likeness (QED) is 0.638. The second-order valence-electron chi connectivity index (χ2n) is 7.19. The molecule has 1 atom stereocenters. The average Bonchev–Trinajstić information content (AvgIpc) is 3.12. The van der Waals surface area contributed by atoms with Gasteiger partial charge in [0.25, 0.3) is 10.2 Å². The van der Waals surface area contributed by atoms with Crippen LogP contribution < -0.4 is 4.90 Å². The van der Waals surface area contributed by atoms with Crippen molar-refractivity contribution in [1.29, 1.82) is 0 Å². The second kappa shape index (κ2) is 9.15. The Hall–Kier alpha value is -1.78. The fraction of sp³-hybridized carbons (Fsp3) is 0.722. The van der Waals surface area contributed by atoms with E-state index in [9.17, 15) is 13.2 Å². The summed E-state index contributed by atoms with van der Waals surface area (Å²) in [4.78, 5) is 24.9. The Labute approximate surface area is 168 Å². The number of likely N-dealkylation sites (tertiary alicyclic amines) is 1. The van der Waals surface area contributed by atoms with E-state index in [1.54, 1.807) is 24.9 Å². The Kier molecular flexibility index (Phi) is 7.35. The molecule has 0 aliphatic carbocycles. The van der Waals surface area contributed by atoms with Crippen LogP contribution in [0.5, 0.6) is 0 Å². The molecule has 0 saturated carbocycles. The SMILES string of the molecule is CCN(CC)S(=O)(=O)N(C)Cc1cc(N(C)C)nc([C@H]2CCCN2C(C)=O)n1. The fourth-order valence-corrected chi connectivity index (χ4v) is 4.77.